The molecule has 0 saturated carbocycles. The SMILES string of the molecule is COc1ccc(COc2c(C)cc(Br)cc2CCN)cc1. The fourth-order valence-electron chi connectivity index (χ4n) is 2.22. The fraction of sp³-hybridized carbons (Fsp3) is 0.294. The van der Waals surface area contributed by atoms with Crippen LogP contribution in [0.3, 0.4) is 0 Å². The maximum atomic E-state index is 6.02. The van der Waals surface area contributed by atoms with Crippen LogP contribution in [0.15, 0.2) is 40.9 Å². The van der Waals surface area contributed by atoms with Crippen molar-refractivity contribution in [3.63, 3.8) is 0 Å². The minimum atomic E-state index is 0.532. The van der Waals surface area contributed by atoms with Gasteiger partial charge in [0, 0.05) is 4.47 Å². The molecule has 2 rings (SSSR count). The number of hydrogen-bond donors (Lipinski definition) is 1. The summed E-state index contributed by atoms with van der Waals surface area (Å²) in [5.41, 5.74) is 9.04. The van der Waals surface area contributed by atoms with Gasteiger partial charge < -0.3 is 15.2 Å². The Morgan fingerprint density at radius 3 is 2.48 bits per heavy atom. The van der Waals surface area contributed by atoms with Gasteiger partial charge >= 0.3 is 0 Å². The van der Waals surface area contributed by atoms with Crippen LogP contribution in [-0.2, 0) is 13.0 Å². The van der Waals surface area contributed by atoms with E-state index >= 15 is 0 Å². The maximum absolute atomic E-state index is 6.02. The van der Waals surface area contributed by atoms with Crippen LogP contribution >= 0.6 is 15.9 Å². The Hall–Kier alpha value is -1.52. The van der Waals surface area contributed by atoms with Crippen LogP contribution in [0.4, 0.5) is 0 Å². The lowest BCUT2D eigenvalue weighted by Gasteiger charge is -2.15. The molecule has 0 unspecified atom stereocenters. The highest BCUT2D eigenvalue weighted by atomic mass is 79.9. The molecule has 0 heterocycles. The average molecular weight is 350 g/mol. The third-order valence-corrected chi connectivity index (χ3v) is 3.73. The van der Waals surface area contributed by atoms with E-state index in [1.54, 1.807) is 7.11 Å². The third-order valence-electron chi connectivity index (χ3n) is 3.27. The first kappa shape index (κ1) is 15.9. The number of hydrogen-bond acceptors (Lipinski definition) is 3. The molecule has 2 aromatic carbocycles. The van der Waals surface area contributed by atoms with Gasteiger partial charge in [-0.15, -0.1) is 0 Å². The van der Waals surface area contributed by atoms with Gasteiger partial charge in [0.1, 0.15) is 18.1 Å². The summed E-state index contributed by atoms with van der Waals surface area (Å²) in [6.07, 6.45) is 0.804. The van der Waals surface area contributed by atoms with Gasteiger partial charge in [-0.25, -0.2) is 0 Å². The van der Waals surface area contributed by atoms with Crippen LogP contribution in [0.1, 0.15) is 16.7 Å². The van der Waals surface area contributed by atoms with Gasteiger partial charge in [-0.3, -0.25) is 0 Å². The van der Waals surface area contributed by atoms with E-state index in [4.69, 9.17) is 15.2 Å². The number of rotatable bonds is 6. The van der Waals surface area contributed by atoms with Crippen molar-refractivity contribution in [2.75, 3.05) is 13.7 Å². The van der Waals surface area contributed by atoms with Crippen LogP contribution in [-0.4, -0.2) is 13.7 Å². The van der Waals surface area contributed by atoms with Crippen molar-refractivity contribution in [1.82, 2.24) is 0 Å². The van der Waals surface area contributed by atoms with Crippen LogP contribution < -0.4 is 15.2 Å². The van der Waals surface area contributed by atoms with Crippen molar-refractivity contribution in [2.24, 2.45) is 5.73 Å². The van der Waals surface area contributed by atoms with Crippen LogP contribution in [0.2, 0.25) is 0 Å². The molecule has 0 aliphatic heterocycles. The molecule has 0 radical (unpaired) electrons. The number of ether oxygens (including phenoxy) is 2. The van der Waals surface area contributed by atoms with E-state index in [-0.39, 0.29) is 0 Å². The van der Waals surface area contributed by atoms with E-state index < -0.39 is 0 Å². The predicted molar refractivity (Wildman–Crippen MR) is 89.0 cm³/mol. The largest absolute Gasteiger partial charge is 0.497 e. The molecule has 112 valence electrons. The standard InChI is InChI=1S/C17H20BrNO2/c1-12-9-15(18)10-14(7-8-19)17(12)21-11-13-3-5-16(20-2)6-4-13/h3-6,9-10H,7-8,11,19H2,1-2H3. The highest BCUT2D eigenvalue weighted by Crippen LogP contribution is 2.29. The van der Waals surface area contributed by atoms with Crippen molar-refractivity contribution < 1.29 is 9.47 Å². The minimum absolute atomic E-state index is 0.532. The van der Waals surface area contributed by atoms with Gasteiger partial charge in [0.2, 0.25) is 0 Å². The van der Waals surface area contributed by atoms with Crippen molar-refractivity contribution in [3.8, 4) is 11.5 Å². The lowest BCUT2D eigenvalue weighted by Crippen LogP contribution is -2.06. The summed E-state index contributed by atoms with van der Waals surface area (Å²) in [6.45, 7) is 3.19. The van der Waals surface area contributed by atoms with E-state index in [9.17, 15) is 0 Å². The molecule has 0 amide bonds. The quantitative estimate of drug-likeness (QED) is 0.861. The van der Waals surface area contributed by atoms with E-state index in [1.165, 1.54) is 0 Å². The minimum Gasteiger partial charge on any atom is -0.497 e. The van der Waals surface area contributed by atoms with Gasteiger partial charge in [0.15, 0.2) is 0 Å². The maximum Gasteiger partial charge on any atom is 0.126 e. The van der Waals surface area contributed by atoms with Crippen LogP contribution in [0, 0.1) is 6.92 Å². The molecule has 2 N–H and O–H groups in total. The summed E-state index contributed by atoms with van der Waals surface area (Å²) in [5, 5.41) is 0. The summed E-state index contributed by atoms with van der Waals surface area (Å²) in [7, 11) is 1.66. The molecule has 0 atom stereocenters. The van der Waals surface area contributed by atoms with E-state index in [2.05, 4.69) is 28.1 Å². The van der Waals surface area contributed by atoms with Crippen molar-refractivity contribution in [1.29, 1.82) is 0 Å². The summed E-state index contributed by atoms with van der Waals surface area (Å²) < 4.78 is 12.2. The van der Waals surface area contributed by atoms with Crippen LogP contribution in [0.5, 0.6) is 11.5 Å². The number of aryl methyl sites for hydroxylation is 1. The molecule has 2 aromatic rings. The normalized spacial score (nSPS) is 10.5. The second-order valence-corrected chi connectivity index (χ2v) is 5.80. The van der Waals surface area contributed by atoms with Gasteiger partial charge in [-0.1, -0.05) is 28.1 Å². The number of benzene rings is 2. The fourth-order valence-corrected chi connectivity index (χ4v) is 2.84. The molecule has 0 fully saturated rings. The zero-order chi connectivity index (χ0) is 15.2. The van der Waals surface area contributed by atoms with Crippen molar-refractivity contribution >= 4 is 15.9 Å². The summed E-state index contributed by atoms with van der Waals surface area (Å²) in [6, 6.07) is 12.0. The molecule has 0 spiro atoms. The van der Waals surface area contributed by atoms with Crippen molar-refractivity contribution in [3.05, 3.63) is 57.6 Å². The first-order valence-electron chi connectivity index (χ1n) is 6.89. The Bertz CT molecular complexity index is 596. The third kappa shape index (κ3) is 4.22. The van der Waals surface area contributed by atoms with E-state index in [0.29, 0.717) is 13.2 Å². The Morgan fingerprint density at radius 1 is 1.14 bits per heavy atom. The summed E-state index contributed by atoms with van der Waals surface area (Å²) in [4.78, 5) is 0. The molecular formula is C17H20BrNO2. The van der Waals surface area contributed by atoms with E-state index in [1.807, 2.05) is 31.2 Å². The monoisotopic (exact) mass is 349 g/mol. The molecule has 0 aliphatic rings. The number of nitrogens with two attached hydrogens (primary N) is 1. The Balaban J connectivity index is 2.14. The smallest absolute Gasteiger partial charge is 0.126 e. The van der Waals surface area contributed by atoms with Gasteiger partial charge in [-0.05, 0) is 60.8 Å². The lowest BCUT2D eigenvalue weighted by atomic mass is 10.1. The lowest BCUT2D eigenvalue weighted by molar-refractivity contribution is 0.300. The molecule has 0 aromatic heterocycles. The van der Waals surface area contributed by atoms with Gasteiger partial charge in [-0.2, -0.15) is 0 Å². The van der Waals surface area contributed by atoms with Gasteiger partial charge in [0.05, 0.1) is 7.11 Å². The Kier molecular flexibility index (Phi) is 5.65. The number of methoxy groups -OCH3 is 1. The first-order chi connectivity index (χ1) is 10.1. The second kappa shape index (κ2) is 7.48. The number of halogens is 1. The average Bonchev–Trinajstić information content (AvgIpc) is 2.47. The Labute approximate surface area is 134 Å². The Morgan fingerprint density at radius 2 is 1.86 bits per heavy atom. The first-order valence-corrected chi connectivity index (χ1v) is 7.68. The summed E-state index contributed by atoms with van der Waals surface area (Å²) in [5.74, 6) is 1.78. The molecule has 0 saturated heterocycles. The highest BCUT2D eigenvalue weighted by molar-refractivity contribution is 9.10. The van der Waals surface area contributed by atoms with Crippen LogP contribution in [0.25, 0.3) is 0 Å². The van der Waals surface area contributed by atoms with E-state index in [0.717, 1.165) is 39.1 Å². The van der Waals surface area contributed by atoms with Crippen molar-refractivity contribution in [2.45, 2.75) is 20.0 Å². The molecule has 0 aliphatic carbocycles. The topological polar surface area (TPSA) is 44.5 Å². The molecule has 0 bridgehead atoms. The molecule has 4 heteroatoms. The molecule has 3 nitrogen and oxygen atoms in total. The zero-order valence-corrected chi connectivity index (χ0v) is 13.9. The predicted octanol–water partition coefficient (Wildman–Crippen LogP) is 3.85. The molecule has 21 heavy (non-hydrogen) atoms. The second-order valence-electron chi connectivity index (χ2n) is 4.89. The zero-order valence-electron chi connectivity index (χ0n) is 12.4. The van der Waals surface area contributed by atoms with Gasteiger partial charge in [0.25, 0.3) is 0 Å². The highest BCUT2D eigenvalue weighted by Gasteiger charge is 2.09. The summed E-state index contributed by atoms with van der Waals surface area (Å²) >= 11 is 3.52. The molecular weight excluding hydrogens is 330 g/mol.